The lowest BCUT2D eigenvalue weighted by Gasteiger charge is -2.48. The maximum Gasteiger partial charge on any atom is 0.180 e. The molecular formula is C50H33Cl3. The topological polar surface area (TPSA) is 0 Å². The summed E-state index contributed by atoms with van der Waals surface area (Å²) in [6.45, 7) is 0. The Morgan fingerprint density at radius 1 is 0.415 bits per heavy atom. The van der Waals surface area contributed by atoms with Crippen molar-refractivity contribution in [3.05, 3.63) is 249 Å². The summed E-state index contributed by atoms with van der Waals surface area (Å²) in [6, 6.07) is 66.9. The standard InChI is InChI=1S/C49H32.CHCl3/c1-4-16-38(17-5-1)48(39-18-6-2-7-19-39,40-20-8-3-9-21-40)34-32-36-28-30-37(31-29-36)33-35-49-44-25-13-10-22-41(44)47(42-23-11-14-26-45(42)49)43-24-12-15-27-46(43)49;2-1(3)4/h1-31,47H;1H. The van der Waals surface area contributed by atoms with Gasteiger partial charge in [-0.3, -0.25) is 0 Å². The van der Waals surface area contributed by atoms with Crippen molar-refractivity contribution in [2.24, 2.45) is 0 Å². The molecule has 3 aliphatic carbocycles. The summed E-state index contributed by atoms with van der Waals surface area (Å²) >= 11 is 14.4. The highest BCUT2D eigenvalue weighted by molar-refractivity contribution is 6.63. The van der Waals surface area contributed by atoms with Gasteiger partial charge in [0.25, 0.3) is 0 Å². The van der Waals surface area contributed by atoms with Crippen molar-refractivity contribution in [1.82, 2.24) is 0 Å². The van der Waals surface area contributed by atoms with E-state index in [1.54, 1.807) is 0 Å². The van der Waals surface area contributed by atoms with E-state index in [1.165, 1.54) is 33.4 Å². The highest BCUT2D eigenvalue weighted by Crippen LogP contribution is 2.58. The summed E-state index contributed by atoms with van der Waals surface area (Å²) in [5.74, 6) is 15.1. The minimum Gasteiger partial charge on any atom is -0.0874 e. The molecule has 2 bridgehead atoms. The van der Waals surface area contributed by atoms with Gasteiger partial charge in [0, 0.05) is 17.0 Å². The number of hydrogen-bond donors (Lipinski definition) is 0. The molecule has 0 radical (unpaired) electrons. The maximum atomic E-state index is 4.81. The fraction of sp³-hybridized carbons (Fsp3) is 0.0800. The number of halogens is 3. The summed E-state index contributed by atoms with van der Waals surface area (Å²) in [4.78, 5) is 0. The number of rotatable bonds is 3. The van der Waals surface area contributed by atoms with Crippen LogP contribution in [-0.2, 0) is 10.8 Å². The van der Waals surface area contributed by atoms with E-state index in [1.807, 2.05) is 0 Å². The van der Waals surface area contributed by atoms with Gasteiger partial charge in [0.1, 0.15) is 10.8 Å². The minimum atomic E-state index is -0.750. The summed E-state index contributed by atoms with van der Waals surface area (Å²) in [5.41, 5.74) is 12.2. The van der Waals surface area contributed by atoms with Crippen LogP contribution in [0.3, 0.4) is 0 Å². The lowest BCUT2D eigenvalue weighted by Crippen LogP contribution is -2.41. The Morgan fingerprint density at radius 3 is 1.11 bits per heavy atom. The van der Waals surface area contributed by atoms with Gasteiger partial charge < -0.3 is 0 Å². The first-order chi connectivity index (χ1) is 26.0. The molecule has 0 unspecified atom stereocenters. The molecule has 0 N–H and O–H groups in total. The predicted octanol–water partition coefficient (Wildman–Crippen LogP) is 12.3. The maximum absolute atomic E-state index is 4.81. The third kappa shape index (κ3) is 6.25. The highest BCUT2D eigenvalue weighted by Gasteiger charge is 2.50. The fourth-order valence-corrected chi connectivity index (χ4v) is 8.16. The lowest BCUT2D eigenvalue weighted by atomic mass is 9.53. The Kier molecular flexibility index (Phi) is 9.71. The average Bonchev–Trinajstić information content (AvgIpc) is 3.22. The van der Waals surface area contributed by atoms with Crippen LogP contribution < -0.4 is 0 Å². The quantitative estimate of drug-likeness (QED) is 0.0962. The smallest absolute Gasteiger partial charge is 0.0874 e. The number of hydrogen-bond acceptors (Lipinski definition) is 0. The van der Waals surface area contributed by atoms with Crippen LogP contribution in [0.4, 0.5) is 0 Å². The van der Waals surface area contributed by atoms with Crippen LogP contribution in [0.5, 0.6) is 0 Å². The minimum absolute atomic E-state index is 0.236. The molecule has 10 rings (SSSR count). The molecule has 3 aliphatic rings. The van der Waals surface area contributed by atoms with E-state index in [0.29, 0.717) is 0 Å². The zero-order chi connectivity index (χ0) is 36.3. The van der Waals surface area contributed by atoms with Crippen LogP contribution in [0.2, 0.25) is 0 Å². The molecule has 7 aromatic carbocycles. The van der Waals surface area contributed by atoms with Gasteiger partial charge in [-0.15, -0.1) is 0 Å². The molecule has 0 atom stereocenters. The van der Waals surface area contributed by atoms with Gasteiger partial charge in [0.15, 0.2) is 4.30 Å². The van der Waals surface area contributed by atoms with Gasteiger partial charge in [-0.1, -0.05) is 222 Å². The normalized spacial score (nSPS) is 16.0. The van der Waals surface area contributed by atoms with Crippen molar-refractivity contribution in [3.63, 3.8) is 0 Å². The molecule has 0 aliphatic heterocycles. The van der Waals surface area contributed by atoms with Crippen LogP contribution in [0.1, 0.15) is 67.1 Å². The Hall–Kier alpha value is -5.47. The third-order valence-corrected chi connectivity index (χ3v) is 10.3. The lowest BCUT2D eigenvalue weighted by molar-refractivity contribution is 0.666. The molecular weight excluding hydrogens is 707 g/mol. The largest absolute Gasteiger partial charge is 0.180 e. The van der Waals surface area contributed by atoms with E-state index in [-0.39, 0.29) is 5.92 Å². The van der Waals surface area contributed by atoms with Gasteiger partial charge in [-0.05, 0) is 74.3 Å². The predicted molar refractivity (Wildman–Crippen MR) is 221 cm³/mol. The average molecular weight is 740 g/mol. The first kappa shape index (κ1) is 34.6. The van der Waals surface area contributed by atoms with E-state index in [4.69, 9.17) is 34.8 Å². The van der Waals surface area contributed by atoms with E-state index >= 15 is 0 Å². The fourth-order valence-electron chi connectivity index (χ4n) is 8.16. The van der Waals surface area contributed by atoms with Gasteiger partial charge in [-0.25, -0.2) is 0 Å². The van der Waals surface area contributed by atoms with Crippen LogP contribution in [0.25, 0.3) is 0 Å². The van der Waals surface area contributed by atoms with Crippen molar-refractivity contribution < 1.29 is 0 Å². The third-order valence-electron chi connectivity index (χ3n) is 10.3. The zero-order valence-electron chi connectivity index (χ0n) is 28.7. The number of benzene rings is 7. The van der Waals surface area contributed by atoms with Gasteiger partial charge in [0.2, 0.25) is 0 Å². The van der Waals surface area contributed by atoms with E-state index in [9.17, 15) is 0 Å². The van der Waals surface area contributed by atoms with Crippen molar-refractivity contribution in [1.29, 1.82) is 0 Å². The first-order valence-electron chi connectivity index (χ1n) is 17.6. The molecule has 0 saturated carbocycles. The molecule has 53 heavy (non-hydrogen) atoms. The SMILES string of the molecule is C(#CC(c1ccccc1)(c1ccccc1)c1ccccc1)c1ccc(C#CC23c4ccccc4C(c4ccccc42)c2ccccc23)cc1.ClC(Cl)Cl. The summed E-state index contributed by atoms with van der Waals surface area (Å²) < 4.78 is -0.750. The summed E-state index contributed by atoms with van der Waals surface area (Å²) in [7, 11) is 0. The molecule has 0 saturated heterocycles. The molecule has 0 spiro atoms. The van der Waals surface area contributed by atoms with Crippen LogP contribution in [0.15, 0.2) is 188 Å². The Morgan fingerprint density at radius 2 is 0.736 bits per heavy atom. The van der Waals surface area contributed by atoms with Crippen LogP contribution in [-0.4, -0.2) is 4.30 Å². The van der Waals surface area contributed by atoms with Gasteiger partial charge in [-0.2, -0.15) is 0 Å². The van der Waals surface area contributed by atoms with Crippen LogP contribution >= 0.6 is 34.8 Å². The second kappa shape index (κ2) is 14.9. The van der Waals surface area contributed by atoms with Crippen molar-refractivity contribution >= 4 is 34.8 Å². The highest BCUT2D eigenvalue weighted by atomic mass is 35.6. The van der Waals surface area contributed by atoms with Gasteiger partial charge >= 0.3 is 0 Å². The number of alkyl halides is 3. The molecule has 0 aromatic heterocycles. The molecule has 0 fully saturated rings. The Labute approximate surface area is 327 Å². The Balaban J connectivity index is 0.000000954. The zero-order valence-corrected chi connectivity index (χ0v) is 31.0. The second-order valence-corrected chi connectivity index (χ2v) is 15.1. The monoisotopic (exact) mass is 738 g/mol. The van der Waals surface area contributed by atoms with E-state index in [0.717, 1.165) is 27.8 Å². The molecule has 254 valence electrons. The molecule has 7 aromatic rings. The van der Waals surface area contributed by atoms with Gasteiger partial charge in [0.05, 0.1) is 0 Å². The van der Waals surface area contributed by atoms with E-state index in [2.05, 4.69) is 212 Å². The molecule has 3 heteroatoms. The molecule has 0 amide bonds. The molecule has 0 nitrogen and oxygen atoms in total. The summed E-state index contributed by atoms with van der Waals surface area (Å²) in [6.07, 6.45) is 0. The Bertz CT molecular complexity index is 2280. The summed E-state index contributed by atoms with van der Waals surface area (Å²) in [5, 5.41) is 0. The molecule has 0 heterocycles. The first-order valence-corrected chi connectivity index (χ1v) is 18.9. The van der Waals surface area contributed by atoms with Crippen molar-refractivity contribution in [2.45, 2.75) is 21.0 Å². The van der Waals surface area contributed by atoms with E-state index < -0.39 is 15.1 Å². The van der Waals surface area contributed by atoms with Crippen molar-refractivity contribution in [3.8, 4) is 23.7 Å². The van der Waals surface area contributed by atoms with Crippen molar-refractivity contribution in [2.75, 3.05) is 0 Å². The second-order valence-electron chi connectivity index (χ2n) is 13.1. The van der Waals surface area contributed by atoms with Crippen LogP contribution in [0, 0.1) is 23.7 Å².